The van der Waals surface area contributed by atoms with E-state index in [-0.39, 0.29) is 17.3 Å². The van der Waals surface area contributed by atoms with Gasteiger partial charge in [0.1, 0.15) is 11.5 Å². The second-order valence-corrected chi connectivity index (χ2v) is 7.32. The van der Waals surface area contributed by atoms with Gasteiger partial charge in [-0.05, 0) is 30.3 Å². The zero-order valence-electron chi connectivity index (χ0n) is 15.4. The van der Waals surface area contributed by atoms with Crippen LogP contribution in [0.15, 0.2) is 65.1 Å². The van der Waals surface area contributed by atoms with Crippen molar-refractivity contribution in [3.05, 3.63) is 70.7 Å². The van der Waals surface area contributed by atoms with Gasteiger partial charge in [-0.2, -0.15) is 5.10 Å². The van der Waals surface area contributed by atoms with Crippen molar-refractivity contribution in [1.29, 1.82) is 0 Å². The van der Waals surface area contributed by atoms with Crippen LogP contribution in [0.3, 0.4) is 0 Å². The lowest BCUT2D eigenvalue weighted by molar-refractivity contribution is -0.114. The lowest BCUT2D eigenvalue weighted by Gasteiger charge is -2.08. The van der Waals surface area contributed by atoms with Crippen molar-refractivity contribution >= 4 is 44.6 Å². The number of fused-ring (bicyclic) bond motifs is 1. The Bertz CT molecular complexity index is 1230. The van der Waals surface area contributed by atoms with E-state index >= 15 is 0 Å². The Morgan fingerprint density at radius 1 is 1.07 bits per heavy atom. The number of primary amides is 1. The highest BCUT2D eigenvalue weighted by Gasteiger charge is 2.20. The van der Waals surface area contributed by atoms with E-state index in [0.29, 0.717) is 16.7 Å². The van der Waals surface area contributed by atoms with Crippen LogP contribution >= 0.6 is 15.9 Å². The minimum Gasteiger partial charge on any atom is -0.365 e. The number of pyridine rings is 1. The molecule has 4 rings (SSSR count). The molecule has 0 saturated heterocycles. The number of amides is 2. The second kappa shape index (κ2) is 7.48. The molecular formula is C21H16BrN5O2. The zero-order chi connectivity index (χ0) is 20.5. The molecule has 2 aromatic heterocycles. The predicted octanol–water partition coefficient (Wildman–Crippen LogP) is 3.91. The summed E-state index contributed by atoms with van der Waals surface area (Å²) < 4.78 is 2.62. The molecule has 0 aliphatic rings. The standard InChI is InChI=1S/C21H16BrN5O2/c1-12(28)24-20-17(19(23)29)11-16-18(13-7-9-14(22)10-8-13)26-27(21(16)25-20)15-5-3-2-4-6-15/h2-11H,1H3,(H2,23,29)(H,24,25,28). The first-order chi connectivity index (χ1) is 13.9. The molecule has 0 atom stereocenters. The topological polar surface area (TPSA) is 103 Å². The molecule has 2 heterocycles. The van der Waals surface area contributed by atoms with Gasteiger partial charge in [0.05, 0.1) is 11.3 Å². The van der Waals surface area contributed by atoms with Crippen LogP contribution in [0.2, 0.25) is 0 Å². The largest absolute Gasteiger partial charge is 0.365 e. The summed E-state index contributed by atoms with van der Waals surface area (Å²) in [4.78, 5) is 28.2. The van der Waals surface area contributed by atoms with Crippen LogP contribution in [0.25, 0.3) is 28.0 Å². The third-order valence-corrected chi connectivity index (χ3v) is 4.87. The summed E-state index contributed by atoms with van der Waals surface area (Å²) >= 11 is 3.43. The highest BCUT2D eigenvalue weighted by molar-refractivity contribution is 9.10. The van der Waals surface area contributed by atoms with Crippen molar-refractivity contribution in [3.63, 3.8) is 0 Å². The monoisotopic (exact) mass is 449 g/mol. The fraction of sp³-hybridized carbons (Fsp3) is 0.0476. The third kappa shape index (κ3) is 3.62. The molecule has 0 spiro atoms. The number of halogens is 1. The van der Waals surface area contributed by atoms with Crippen LogP contribution in [0.1, 0.15) is 17.3 Å². The van der Waals surface area contributed by atoms with Crippen molar-refractivity contribution < 1.29 is 9.59 Å². The molecule has 144 valence electrons. The Balaban J connectivity index is 2.05. The van der Waals surface area contributed by atoms with Crippen LogP contribution in [0.4, 0.5) is 5.82 Å². The summed E-state index contributed by atoms with van der Waals surface area (Å²) in [5.41, 5.74) is 8.48. The third-order valence-electron chi connectivity index (χ3n) is 4.34. The van der Waals surface area contributed by atoms with Crippen LogP contribution in [-0.2, 0) is 4.79 Å². The molecule has 2 amide bonds. The minimum atomic E-state index is -0.683. The summed E-state index contributed by atoms with van der Waals surface area (Å²) in [7, 11) is 0. The Morgan fingerprint density at radius 2 is 1.76 bits per heavy atom. The van der Waals surface area contributed by atoms with Gasteiger partial charge >= 0.3 is 0 Å². The molecule has 0 bridgehead atoms. The first-order valence-corrected chi connectivity index (χ1v) is 9.56. The van der Waals surface area contributed by atoms with Gasteiger partial charge in [0.15, 0.2) is 5.65 Å². The van der Waals surface area contributed by atoms with Gasteiger partial charge in [-0.25, -0.2) is 9.67 Å². The quantitative estimate of drug-likeness (QED) is 0.492. The van der Waals surface area contributed by atoms with Crippen molar-refractivity contribution in [2.75, 3.05) is 5.32 Å². The van der Waals surface area contributed by atoms with Crippen molar-refractivity contribution in [2.45, 2.75) is 6.92 Å². The molecule has 3 N–H and O–H groups in total. The van der Waals surface area contributed by atoms with Crippen LogP contribution in [-0.4, -0.2) is 26.6 Å². The molecule has 2 aromatic carbocycles. The number of hydrogen-bond donors (Lipinski definition) is 2. The maximum Gasteiger partial charge on any atom is 0.252 e. The average Bonchev–Trinajstić information content (AvgIpc) is 3.06. The first kappa shape index (κ1) is 18.8. The Labute approximate surface area is 174 Å². The Hall–Kier alpha value is -3.52. The number of rotatable bonds is 4. The summed E-state index contributed by atoms with van der Waals surface area (Å²) in [6.07, 6.45) is 0. The second-order valence-electron chi connectivity index (χ2n) is 6.40. The lowest BCUT2D eigenvalue weighted by Crippen LogP contribution is -2.18. The fourth-order valence-corrected chi connectivity index (χ4v) is 3.32. The van der Waals surface area contributed by atoms with Crippen molar-refractivity contribution in [1.82, 2.24) is 14.8 Å². The number of para-hydroxylation sites is 1. The maximum absolute atomic E-state index is 12.0. The minimum absolute atomic E-state index is 0.108. The molecule has 0 aliphatic carbocycles. The smallest absolute Gasteiger partial charge is 0.252 e. The number of anilines is 1. The molecule has 0 radical (unpaired) electrons. The van der Waals surface area contributed by atoms with E-state index in [1.807, 2.05) is 54.6 Å². The van der Waals surface area contributed by atoms with Gasteiger partial charge in [0.2, 0.25) is 5.91 Å². The molecule has 0 unspecified atom stereocenters. The summed E-state index contributed by atoms with van der Waals surface area (Å²) in [5, 5.41) is 7.99. The number of carbonyl (C=O) groups is 2. The number of nitrogens with one attached hydrogen (secondary N) is 1. The average molecular weight is 450 g/mol. The zero-order valence-corrected chi connectivity index (χ0v) is 17.0. The van der Waals surface area contributed by atoms with Crippen molar-refractivity contribution in [3.8, 4) is 16.9 Å². The van der Waals surface area contributed by atoms with E-state index in [9.17, 15) is 9.59 Å². The van der Waals surface area contributed by atoms with Crippen LogP contribution in [0, 0.1) is 0 Å². The number of nitrogens with zero attached hydrogens (tertiary/aromatic N) is 3. The SMILES string of the molecule is CC(=O)Nc1nc2c(cc1C(N)=O)c(-c1ccc(Br)cc1)nn2-c1ccccc1. The highest BCUT2D eigenvalue weighted by Crippen LogP contribution is 2.32. The summed E-state index contributed by atoms with van der Waals surface area (Å²) in [6.45, 7) is 1.35. The molecule has 0 aliphatic heterocycles. The van der Waals surface area contributed by atoms with E-state index < -0.39 is 5.91 Å². The maximum atomic E-state index is 12.0. The van der Waals surface area contributed by atoms with Gasteiger partial charge in [-0.1, -0.05) is 46.3 Å². The van der Waals surface area contributed by atoms with Gasteiger partial charge in [-0.3, -0.25) is 9.59 Å². The predicted molar refractivity (Wildman–Crippen MR) is 115 cm³/mol. The Morgan fingerprint density at radius 3 is 2.38 bits per heavy atom. The van der Waals surface area contributed by atoms with E-state index in [1.54, 1.807) is 10.7 Å². The summed E-state index contributed by atoms with van der Waals surface area (Å²) in [6, 6.07) is 18.8. The van der Waals surface area contributed by atoms with Gasteiger partial charge in [0.25, 0.3) is 5.91 Å². The fourth-order valence-electron chi connectivity index (χ4n) is 3.06. The number of carbonyl (C=O) groups excluding carboxylic acids is 2. The molecule has 29 heavy (non-hydrogen) atoms. The van der Waals surface area contributed by atoms with Crippen molar-refractivity contribution in [2.24, 2.45) is 5.73 Å². The molecule has 0 saturated carbocycles. The normalized spacial score (nSPS) is 10.8. The highest BCUT2D eigenvalue weighted by atomic mass is 79.9. The molecule has 7 nitrogen and oxygen atoms in total. The van der Waals surface area contributed by atoms with E-state index in [1.165, 1.54) is 6.92 Å². The molecule has 0 fully saturated rings. The lowest BCUT2D eigenvalue weighted by atomic mass is 10.1. The number of hydrogen-bond acceptors (Lipinski definition) is 4. The molecule has 8 heteroatoms. The molecular weight excluding hydrogens is 434 g/mol. The van der Waals surface area contributed by atoms with E-state index in [2.05, 4.69) is 26.2 Å². The van der Waals surface area contributed by atoms with Crippen LogP contribution < -0.4 is 11.1 Å². The van der Waals surface area contributed by atoms with E-state index in [0.717, 1.165) is 15.7 Å². The van der Waals surface area contributed by atoms with Gasteiger partial charge in [0, 0.05) is 22.3 Å². The van der Waals surface area contributed by atoms with Gasteiger partial charge in [-0.15, -0.1) is 0 Å². The summed E-state index contributed by atoms with van der Waals surface area (Å²) in [5.74, 6) is -0.924. The number of benzene rings is 2. The molecule has 4 aromatic rings. The van der Waals surface area contributed by atoms with Crippen LogP contribution in [0.5, 0.6) is 0 Å². The number of aromatic nitrogens is 3. The number of nitrogens with two attached hydrogens (primary N) is 1. The van der Waals surface area contributed by atoms with Gasteiger partial charge < -0.3 is 11.1 Å². The van der Waals surface area contributed by atoms with E-state index in [4.69, 9.17) is 10.8 Å². The Kier molecular flexibility index (Phi) is 4.85. The first-order valence-electron chi connectivity index (χ1n) is 8.76.